The molecule has 0 fully saturated rings. The molecular weight excluding hydrogens is 267 g/mol. The Morgan fingerprint density at radius 1 is 1.24 bits per heavy atom. The topological polar surface area (TPSA) is 38.1 Å². The summed E-state index contributed by atoms with van der Waals surface area (Å²) in [6.07, 6.45) is 0.860. The summed E-state index contributed by atoms with van der Waals surface area (Å²) in [6, 6.07) is 12.6. The van der Waals surface area contributed by atoms with Gasteiger partial charge in [-0.2, -0.15) is 0 Å². The van der Waals surface area contributed by atoms with Crippen LogP contribution >= 0.6 is 0 Å². The lowest BCUT2D eigenvalue weighted by atomic mass is 10.0. The predicted octanol–water partition coefficient (Wildman–Crippen LogP) is 4.84. The number of nitrogens with one attached hydrogen (secondary N) is 1. The van der Waals surface area contributed by atoms with Gasteiger partial charge in [-0.05, 0) is 42.3 Å². The number of aryl methyl sites for hydroxylation is 1. The van der Waals surface area contributed by atoms with Crippen molar-refractivity contribution in [3.05, 3.63) is 59.7 Å². The average Bonchev–Trinajstić information content (AvgIpc) is 2.84. The Morgan fingerprint density at radius 3 is 2.86 bits per heavy atom. The number of hydrogen-bond acceptors (Lipinski definition) is 3. The van der Waals surface area contributed by atoms with E-state index in [9.17, 15) is 4.39 Å². The minimum Gasteiger partial charge on any atom is -0.441 e. The highest BCUT2D eigenvalue weighted by Crippen LogP contribution is 2.26. The molecule has 0 saturated carbocycles. The maximum Gasteiger partial charge on any atom is 0.192 e. The quantitative estimate of drug-likeness (QED) is 0.745. The third-order valence-corrected chi connectivity index (χ3v) is 3.49. The lowest BCUT2D eigenvalue weighted by Gasteiger charge is -2.18. The van der Waals surface area contributed by atoms with E-state index in [-0.39, 0.29) is 11.9 Å². The molecule has 1 aromatic heterocycles. The monoisotopic (exact) mass is 284 g/mol. The van der Waals surface area contributed by atoms with Gasteiger partial charge in [0.2, 0.25) is 0 Å². The Hall–Kier alpha value is -2.36. The first-order valence-corrected chi connectivity index (χ1v) is 7.05. The zero-order valence-electron chi connectivity index (χ0n) is 12.1. The summed E-state index contributed by atoms with van der Waals surface area (Å²) < 4.78 is 18.8. The molecule has 1 heterocycles. The molecular formula is C17H17FN2O. The van der Waals surface area contributed by atoms with Gasteiger partial charge in [-0.1, -0.05) is 19.1 Å². The Kier molecular flexibility index (Phi) is 3.60. The molecule has 2 aromatic carbocycles. The molecule has 0 radical (unpaired) electrons. The van der Waals surface area contributed by atoms with Gasteiger partial charge >= 0.3 is 0 Å². The van der Waals surface area contributed by atoms with Crippen LogP contribution in [-0.4, -0.2) is 4.98 Å². The number of rotatable bonds is 4. The summed E-state index contributed by atoms with van der Waals surface area (Å²) in [5.41, 5.74) is 3.49. The molecule has 3 nitrogen and oxygen atoms in total. The van der Waals surface area contributed by atoms with Crippen LogP contribution in [0.25, 0.3) is 11.1 Å². The molecule has 0 saturated heterocycles. The van der Waals surface area contributed by atoms with E-state index in [0.717, 1.165) is 28.8 Å². The Bertz CT molecular complexity index is 766. The van der Waals surface area contributed by atoms with Crippen molar-refractivity contribution in [3.8, 4) is 0 Å². The highest BCUT2D eigenvalue weighted by Gasteiger charge is 2.11. The molecule has 3 rings (SSSR count). The zero-order valence-corrected chi connectivity index (χ0v) is 12.1. The van der Waals surface area contributed by atoms with E-state index >= 15 is 0 Å². The van der Waals surface area contributed by atoms with Gasteiger partial charge in [-0.15, -0.1) is 0 Å². The number of benzene rings is 2. The summed E-state index contributed by atoms with van der Waals surface area (Å²) in [5.74, 6) is 0.439. The van der Waals surface area contributed by atoms with Crippen molar-refractivity contribution in [1.29, 1.82) is 0 Å². The predicted molar refractivity (Wildman–Crippen MR) is 81.8 cm³/mol. The van der Waals surface area contributed by atoms with Gasteiger partial charge in [0.25, 0.3) is 0 Å². The molecule has 1 unspecified atom stereocenters. The summed E-state index contributed by atoms with van der Waals surface area (Å²) in [6.45, 7) is 3.90. The molecule has 1 atom stereocenters. The molecule has 4 heteroatoms. The van der Waals surface area contributed by atoms with Crippen LogP contribution in [0.4, 0.5) is 10.1 Å². The number of aromatic nitrogens is 1. The second-order valence-corrected chi connectivity index (χ2v) is 5.08. The van der Waals surface area contributed by atoms with Crippen LogP contribution < -0.4 is 5.32 Å². The van der Waals surface area contributed by atoms with Crippen molar-refractivity contribution in [2.75, 3.05) is 5.32 Å². The fraction of sp³-hybridized carbons (Fsp3) is 0.235. The number of fused-ring (bicyclic) bond motifs is 1. The fourth-order valence-electron chi connectivity index (χ4n) is 2.48. The van der Waals surface area contributed by atoms with E-state index in [0.29, 0.717) is 5.89 Å². The molecule has 0 bridgehead atoms. The molecule has 0 aliphatic rings. The molecule has 0 aliphatic heterocycles. The van der Waals surface area contributed by atoms with Crippen molar-refractivity contribution in [2.24, 2.45) is 0 Å². The Labute approximate surface area is 122 Å². The second kappa shape index (κ2) is 5.56. The summed E-state index contributed by atoms with van der Waals surface area (Å²) in [7, 11) is 0. The zero-order chi connectivity index (χ0) is 14.8. The van der Waals surface area contributed by atoms with Crippen molar-refractivity contribution >= 4 is 16.8 Å². The minimum atomic E-state index is -0.213. The normalized spacial score (nSPS) is 12.5. The summed E-state index contributed by atoms with van der Waals surface area (Å²) in [4.78, 5) is 4.33. The van der Waals surface area contributed by atoms with Gasteiger partial charge in [0, 0.05) is 12.6 Å². The maximum atomic E-state index is 13.4. The van der Waals surface area contributed by atoms with E-state index in [1.165, 1.54) is 6.07 Å². The van der Waals surface area contributed by atoms with Crippen molar-refractivity contribution < 1.29 is 8.81 Å². The molecule has 0 spiro atoms. The van der Waals surface area contributed by atoms with Gasteiger partial charge in [0.15, 0.2) is 11.5 Å². The highest BCUT2D eigenvalue weighted by atomic mass is 19.1. The van der Waals surface area contributed by atoms with Crippen LogP contribution in [0.3, 0.4) is 0 Å². The molecule has 21 heavy (non-hydrogen) atoms. The van der Waals surface area contributed by atoms with Crippen molar-refractivity contribution in [1.82, 2.24) is 4.98 Å². The molecule has 3 aromatic rings. The largest absolute Gasteiger partial charge is 0.441 e. The van der Waals surface area contributed by atoms with E-state index in [1.807, 2.05) is 31.2 Å². The first kappa shape index (κ1) is 13.6. The number of hydrogen-bond donors (Lipinski definition) is 1. The number of anilines is 1. The smallest absolute Gasteiger partial charge is 0.192 e. The van der Waals surface area contributed by atoms with E-state index < -0.39 is 0 Å². The van der Waals surface area contributed by atoms with Gasteiger partial charge in [-0.3, -0.25) is 0 Å². The fourth-order valence-corrected chi connectivity index (χ4v) is 2.48. The molecule has 108 valence electrons. The summed E-state index contributed by atoms with van der Waals surface area (Å²) in [5, 5.41) is 3.43. The molecule has 1 N–H and O–H groups in total. The van der Waals surface area contributed by atoms with Gasteiger partial charge in [0.05, 0.1) is 6.04 Å². The molecule has 0 amide bonds. The number of nitrogens with zero attached hydrogens (tertiary/aromatic N) is 1. The second-order valence-electron chi connectivity index (χ2n) is 5.08. The van der Waals surface area contributed by atoms with Crippen molar-refractivity contribution in [3.63, 3.8) is 0 Å². The molecule has 0 aliphatic carbocycles. The van der Waals surface area contributed by atoms with Crippen LogP contribution in [0.2, 0.25) is 0 Å². The first-order chi connectivity index (χ1) is 10.2. The van der Waals surface area contributed by atoms with Gasteiger partial charge < -0.3 is 9.73 Å². The lowest BCUT2D eigenvalue weighted by Crippen LogP contribution is -2.09. The van der Waals surface area contributed by atoms with Crippen LogP contribution in [0.15, 0.2) is 46.9 Å². The van der Waals surface area contributed by atoms with E-state index in [4.69, 9.17) is 4.42 Å². The number of oxazole rings is 1. The van der Waals surface area contributed by atoms with Crippen molar-refractivity contribution in [2.45, 2.75) is 26.3 Å². The summed E-state index contributed by atoms with van der Waals surface area (Å²) >= 11 is 0. The number of halogens is 1. The van der Waals surface area contributed by atoms with Crippen LogP contribution in [-0.2, 0) is 0 Å². The highest BCUT2D eigenvalue weighted by molar-refractivity contribution is 5.77. The van der Waals surface area contributed by atoms with Gasteiger partial charge in [-0.25, -0.2) is 9.37 Å². The standard InChI is InChI=1S/C17H17FN2O/c1-3-15(12-5-4-6-13(18)9-12)20-14-7-8-17-16(10-14)19-11(2)21-17/h4-10,15,20H,3H2,1-2H3. The van der Waals surface area contributed by atoms with Crippen LogP contribution in [0, 0.1) is 12.7 Å². The average molecular weight is 284 g/mol. The Morgan fingerprint density at radius 2 is 2.10 bits per heavy atom. The van der Waals surface area contributed by atoms with Gasteiger partial charge in [0.1, 0.15) is 11.3 Å². The SMILES string of the molecule is CCC(Nc1ccc2oc(C)nc2c1)c1cccc(F)c1. The third-order valence-electron chi connectivity index (χ3n) is 3.49. The Balaban J connectivity index is 1.88. The minimum absolute atomic E-state index is 0.0612. The van der Waals surface area contributed by atoms with Crippen LogP contribution in [0.1, 0.15) is 30.8 Å². The first-order valence-electron chi connectivity index (χ1n) is 7.05. The van der Waals surface area contributed by atoms with Crippen LogP contribution in [0.5, 0.6) is 0 Å². The lowest BCUT2D eigenvalue weighted by molar-refractivity contribution is 0.561. The van der Waals surface area contributed by atoms with E-state index in [1.54, 1.807) is 12.1 Å². The third kappa shape index (κ3) is 2.89. The maximum absolute atomic E-state index is 13.4. The van der Waals surface area contributed by atoms with E-state index in [2.05, 4.69) is 17.2 Å².